The van der Waals surface area contributed by atoms with Gasteiger partial charge >= 0.3 is 0 Å². The molecule has 4 heteroatoms. The van der Waals surface area contributed by atoms with Gasteiger partial charge < -0.3 is 16.0 Å². The molecule has 0 saturated heterocycles. The average molecular weight is 243 g/mol. The average Bonchev–Trinajstić information content (AvgIpc) is 2.22. The summed E-state index contributed by atoms with van der Waals surface area (Å²) in [5, 5.41) is 2.95. The molecule has 3 N–H and O–H groups in total. The van der Waals surface area contributed by atoms with Crippen molar-refractivity contribution in [3.8, 4) is 0 Å². The van der Waals surface area contributed by atoms with Gasteiger partial charge in [-0.25, -0.2) is 0 Å². The maximum Gasteiger partial charge on any atom is 0.237 e. The summed E-state index contributed by atoms with van der Waals surface area (Å²) in [5.41, 5.74) is 5.94. The molecule has 0 aliphatic carbocycles. The topological polar surface area (TPSA) is 58.4 Å². The molecule has 4 nitrogen and oxygen atoms in total. The van der Waals surface area contributed by atoms with Crippen molar-refractivity contribution in [1.82, 2.24) is 10.2 Å². The second kappa shape index (κ2) is 6.97. The zero-order valence-corrected chi connectivity index (χ0v) is 12.2. The monoisotopic (exact) mass is 243 g/mol. The van der Waals surface area contributed by atoms with Crippen molar-refractivity contribution in [2.45, 2.75) is 40.2 Å². The summed E-state index contributed by atoms with van der Waals surface area (Å²) in [4.78, 5) is 14.0. The van der Waals surface area contributed by atoms with Crippen LogP contribution < -0.4 is 11.1 Å². The lowest BCUT2D eigenvalue weighted by Crippen LogP contribution is -2.48. The van der Waals surface area contributed by atoms with E-state index in [1.54, 1.807) is 0 Å². The first kappa shape index (κ1) is 16.4. The first-order chi connectivity index (χ1) is 7.69. The highest BCUT2D eigenvalue weighted by atomic mass is 16.2. The van der Waals surface area contributed by atoms with Crippen LogP contribution in [0.2, 0.25) is 0 Å². The molecule has 17 heavy (non-hydrogen) atoms. The number of carbonyl (C=O) groups excluding carboxylic acids is 1. The molecule has 0 aliphatic heterocycles. The molecule has 0 heterocycles. The van der Waals surface area contributed by atoms with Gasteiger partial charge in [-0.3, -0.25) is 4.79 Å². The quantitative estimate of drug-likeness (QED) is 0.703. The van der Waals surface area contributed by atoms with Gasteiger partial charge in [0.25, 0.3) is 0 Å². The van der Waals surface area contributed by atoms with E-state index in [1.807, 2.05) is 27.9 Å². The fourth-order valence-corrected chi connectivity index (χ4v) is 1.87. The van der Waals surface area contributed by atoms with Gasteiger partial charge in [0, 0.05) is 13.1 Å². The van der Waals surface area contributed by atoms with Crippen LogP contribution in [0, 0.1) is 11.3 Å². The molecular weight excluding hydrogens is 214 g/mol. The minimum atomic E-state index is -0.393. The van der Waals surface area contributed by atoms with E-state index < -0.39 is 6.04 Å². The number of nitrogens with one attached hydrogen (secondary N) is 1. The smallest absolute Gasteiger partial charge is 0.237 e. The molecule has 0 aromatic heterocycles. The molecular formula is C13H29N3O. The third kappa shape index (κ3) is 6.64. The first-order valence-electron chi connectivity index (χ1n) is 6.37. The molecule has 0 rings (SSSR count). The molecule has 0 aromatic rings. The minimum absolute atomic E-state index is 0.0359. The molecule has 0 spiro atoms. The summed E-state index contributed by atoms with van der Waals surface area (Å²) in [6.45, 7) is 9.94. The van der Waals surface area contributed by atoms with E-state index >= 15 is 0 Å². The van der Waals surface area contributed by atoms with Crippen LogP contribution in [0.1, 0.15) is 34.1 Å². The number of hydrogen-bond donors (Lipinski definition) is 2. The van der Waals surface area contributed by atoms with Crippen molar-refractivity contribution in [3.05, 3.63) is 0 Å². The Hall–Kier alpha value is -0.610. The summed E-state index contributed by atoms with van der Waals surface area (Å²) in [6, 6.07) is -0.393. The maximum atomic E-state index is 11.8. The summed E-state index contributed by atoms with van der Waals surface area (Å²) < 4.78 is 0. The Morgan fingerprint density at radius 2 is 1.94 bits per heavy atom. The van der Waals surface area contributed by atoms with Gasteiger partial charge in [-0.15, -0.1) is 0 Å². The van der Waals surface area contributed by atoms with E-state index in [4.69, 9.17) is 5.73 Å². The van der Waals surface area contributed by atoms with Gasteiger partial charge in [-0.05, 0) is 25.4 Å². The van der Waals surface area contributed by atoms with Crippen LogP contribution in [-0.2, 0) is 4.79 Å². The number of nitrogens with zero attached hydrogens (tertiary/aromatic N) is 1. The van der Waals surface area contributed by atoms with E-state index in [9.17, 15) is 4.79 Å². The van der Waals surface area contributed by atoms with E-state index in [0.717, 1.165) is 13.0 Å². The maximum absolute atomic E-state index is 11.8. The third-order valence-electron chi connectivity index (χ3n) is 3.05. The van der Waals surface area contributed by atoms with Gasteiger partial charge in [0.15, 0.2) is 0 Å². The van der Waals surface area contributed by atoms with Gasteiger partial charge in [0.1, 0.15) is 0 Å². The second-order valence-electron chi connectivity index (χ2n) is 6.03. The highest BCUT2D eigenvalue weighted by molar-refractivity contribution is 5.81. The Labute approximate surface area is 106 Å². The summed E-state index contributed by atoms with van der Waals surface area (Å²) in [6.07, 6.45) is 0.926. The molecule has 0 aliphatic rings. The number of rotatable bonds is 7. The number of hydrogen-bond acceptors (Lipinski definition) is 3. The summed E-state index contributed by atoms with van der Waals surface area (Å²) in [7, 11) is 4.07. The number of amides is 1. The molecule has 0 saturated carbocycles. The largest absolute Gasteiger partial charge is 0.354 e. The molecule has 102 valence electrons. The van der Waals surface area contributed by atoms with Crippen LogP contribution in [0.5, 0.6) is 0 Å². The zero-order chi connectivity index (χ0) is 13.6. The molecule has 0 bridgehead atoms. The van der Waals surface area contributed by atoms with Crippen molar-refractivity contribution in [1.29, 1.82) is 0 Å². The molecule has 2 atom stereocenters. The Kier molecular flexibility index (Phi) is 6.72. The number of carbonyl (C=O) groups is 1. The van der Waals surface area contributed by atoms with Crippen LogP contribution in [0.25, 0.3) is 0 Å². The van der Waals surface area contributed by atoms with Crippen LogP contribution in [0.3, 0.4) is 0 Å². The molecule has 1 unspecified atom stereocenters. The fourth-order valence-electron chi connectivity index (χ4n) is 1.87. The highest BCUT2D eigenvalue weighted by Crippen LogP contribution is 2.14. The minimum Gasteiger partial charge on any atom is -0.354 e. The zero-order valence-electron chi connectivity index (χ0n) is 12.2. The van der Waals surface area contributed by atoms with Crippen molar-refractivity contribution >= 4 is 5.91 Å². The molecule has 0 aromatic carbocycles. The summed E-state index contributed by atoms with van der Waals surface area (Å²) >= 11 is 0. The first-order valence-corrected chi connectivity index (χ1v) is 6.37. The van der Waals surface area contributed by atoms with Crippen molar-refractivity contribution in [2.75, 3.05) is 27.2 Å². The van der Waals surface area contributed by atoms with Crippen LogP contribution in [0.4, 0.5) is 0 Å². The van der Waals surface area contributed by atoms with Crippen molar-refractivity contribution in [2.24, 2.45) is 17.1 Å². The number of nitrogens with two attached hydrogens (primary N) is 1. The van der Waals surface area contributed by atoms with E-state index in [1.165, 1.54) is 0 Å². The van der Waals surface area contributed by atoms with Gasteiger partial charge in [0.05, 0.1) is 6.04 Å². The lowest BCUT2D eigenvalue weighted by Gasteiger charge is -2.29. The van der Waals surface area contributed by atoms with Gasteiger partial charge in [-0.2, -0.15) is 0 Å². The van der Waals surface area contributed by atoms with Crippen molar-refractivity contribution < 1.29 is 4.79 Å². The molecule has 0 fully saturated rings. The normalized spacial score (nSPS) is 15.8. The Morgan fingerprint density at radius 1 is 1.41 bits per heavy atom. The SMILES string of the molecule is CCC(C)[C@H](N)C(=O)NCC(C)(C)CN(C)C. The lowest BCUT2D eigenvalue weighted by molar-refractivity contribution is -0.123. The fraction of sp³-hybridized carbons (Fsp3) is 0.923. The predicted molar refractivity (Wildman–Crippen MR) is 72.8 cm³/mol. The highest BCUT2D eigenvalue weighted by Gasteiger charge is 2.23. The van der Waals surface area contributed by atoms with Crippen LogP contribution >= 0.6 is 0 Å². The molecule has 0 radical (unpaired) electrons. The Bertz CT molecular complexity index is 239. The van der Waals surface area contributed by atoms with Crippen LogP contribution in [-0.4, -0.2) is 44.0 Å². The second-order valence-corrected chi connectivity index (χ2v) is 6.03. The standard InChI is InChI=1S/C13H29N3O/c1-7-10(2)11(14)12(17)15-8-13(3,4)9-16(5)6/h10-11H,7-9,14H2,1-6H3,(H,15,17)/t10?,11-/m0/s1. The summed E-state index contributed by atoms with van der Waals surface area (Å²) in [5.74, 6) is 0.193. The van der Waals surface area contributed by atoms with E-state index in [2.05, 4.69) is 24.1 Å². The van der Waals surface area contributed by atoms with Crippen LogP contribution in [0.15, 0.2) is 0 Å². The Morgan fingerprint density at radius 3 is 2.35 bits per heavy atom. The lowest BCUT2D eigenvalue weighted by atomic mass is 9.92. The predicted octanol–water partition coefficient (Wildman–Crippen LogP) is 1.06. The Balaban J connectivity index is 4.15. The molecule has 1 amide bonds. The van der Waals surface area contributed by atoms with Gasteiger partial charge in [0.2, 0.25) is 5.91 Å². The van der Waals surface area contributed by atoms with Gasteiger partial charge in [-0.1, -0.05) is 34.1 Å². The third-order valence-corrected chi connectivity index (χ3v) is 3.05. The van der Waals surface area contributed by atoms with Crippen molar-refractivity contribution in [3.63, 3.8) is 0 Å². The van der Waals surface area contributed by atoms with E-state index in [-0.39, 0.29) is 17.2 Å². The van der Waals surface area contributed by atoms with E-state index in [0.29, 0.717) is 6.54 Å².